The quantitative estimate of drug-likeness (QED) is 0.501. The molecule has 0 aromatic carbocycles. The number of nitrogens with one attached hydrogen (secondary N) is 2. The van der Waals surface area contributed by atoms with E-state index in [1.54, 1.807) is 16.8 Å². The standard InChI is InChI=1S/C17H27N3O2S/c1-14(15-8-4-2-5-9-15)19-23-13-7-3-6-11-20-12-10-16(21)18-17(20)22/h4,8-9,14,19H,2-3,5-7,10-13H2,1H3,(H,18,21,22). The average Bonchev–Trinajstić information content (AvgIpc) is 2.56. The molecule has 128 valence electrons. The molecular formula is C17H27N3O2S. The molecule has 0 spiro atoms. The van der Waals surface area contributed by atoms with Crippen molar-refractivity contribution in [3.63, 3.8) is 0 Å². The smallest absolute Gasteiger partial charge is 0.324 e. The second-order valence-electron chi connectivity index (χ2n) is 6.02. The normalized spacial score (nSPS) is 19.5. The third-order valence-electron chi connectivity index (χ3n) is 4.10. The Morgan fingerprint density at radius 3 is 2.91 bits per heavy atom. The lowest BCUT2D eigenvalue weighted by Gasteiger charge is -2.26. The molecule has 1 atom stereocenters. The summed E-state index contributed by atoms with van der Waals surface area (Å²) in [5.74, 6) is 0.914. The largest absolute Gasteiger partial charge is 0.324 e. The molecule has 2 rings (SSSR count). The summed E-state index contributed by atoms with van der Waals surface area (Å²) in [5, 5.41) is 2.36. The highest BCUT2D eigenvalue weighted by molar-refractivity contribution is 7.97. The Morgan fingerprint density at radius 2 is 2.17 bits per heavy atom. The second-order valence-corrected chi connectivity index (χ2v) is 6.96. The van der Waals surface area contributed by atoms with Gasteiger partial charge in [-0.15, -0.1) is 0 Å². The summed E-state index contributed by atoms with van der Waals surface area (Å²) < 4.78 is 3.49. The van der Waals surface area contributed by atoms with E-state index in [2.05, 4.69) is 35.2 Å². The van der Waals surface area contributed by atoms with E-state index in [1.165, 1.54) is 5.57 Å². The first-order chi connectivity index (χ1) is 11.2. The van der Waals surface area contributed by atoms with Crippen molar-refractivity contribution in [2.45, 2.75) is 51.5 Å². The Morgan fingerprint density at radius 1 is 1.30 bits per heavy atom. The van der Waals surface area contributed by atoms with Crippen LogP contribution >= 0.6 is 11.9 Å². The van der Waals surface area contributed by atoms with Gasteiger partial charge in [0, 0.05) is 31.3 Å². The lowest BCUT2D eigenvalue weighted by molar-refractivity contribution is -0.121. The number of carbonyl (C=O) groups excluding carboxylic acids is 2. The predicted molar refractivity (Wildman–Crippen MR) is 95.1 cm³/mol. The molecule has 0 aromatic rings. The summed E-state index contributed by atoms with van der Waals surface area (Å²) in [4.78, 5) is 24.4. The number of hydrogen-bond donors (Lipinski definition) is 2. The topological polar surface area (TPSA) is 61.4 Å². The van der Waals surface area contributed by atoms with Gasteiger partial charge in [-0.05, 0) is 38.2 Å². The molecule has 1 saturated heterocycles. The molecule has 0 saturated carbocycles. The molecule has 1 heterocycles. The minimum atomic E-state index is -0.236. The van der Waals surface area contributed by atoms with Crippen LogP contribution in [0.3, 0.4) is 0 Å². The van der Waals surface area contributed by atoms with Crippen molar-refractivity contribution < 1.29 is 9.59 Å². The monoisotopic (exact) mass is 337 g/mol. The number of urea groups is 1. The third kappa shape index (κ3) is 6.39. The minimum Gasteiger partial charge on any atom is -0.324 e. The number of carbonyl (C=O) groups is 2. The van der Waals surface area contributed by atoms with Crippen molar-refractivity contribution in [1.29, 1.82) is 0 Å². The number of imide groups is 1. The van der Waals surface area contributed by atoms with Crippen LogP contribution in [-0.2, 0) is 4.79 Å². The zero-order chi connectivity index (χ0) is 16.5. The van der Waals surface area contributed by atoms with E-state index in [9.17, 15) is 9.59 Å². The Hall–Kier alpha value is -1.27. The maximum atomic E-state index is 11.6. The zero-order valence-corrected chi connectivity index (χ0v) is 14.7. The summed E-state index contributed by atoms with van der Waals surface area (Å²) in [7, 11) is 0. The van der Waals surface area contributed by atoms with Gasteiger partial charge in [0.2, 0.25) is 5.91 Å². The maximum absolute atomic E-state index is 11.6. The molecular weight excluding hydrogens is 310 g/mol. The highest BCUT2D eigenvalue weighted by atomic mass is 32.2. The van der Waals surface area contributed by atoms with Crippen LogP contribution in [0.1, 0.15) is 45.4 Å². The number of allylic oxidation sites excluding steroid dienone is 2. The number of unbranched alkanes of at least 4 members (excludes halogenated alkanes) is 2. The number of rotatable bonds is 9. The van der Waals surface area contributed by atoms with Gasteiger partial charge in [0.15, 0.2) is 0 Å². The van der Waals surface area contributed by atoms with E-state index in [1.807, 2.05) is 0 Å². The van der Waals surface area contributed by atoms with Gasteiger partial charge in [-0.1, -0.05) is 36.6 Å². The minimum absolute atomic E-state index is 0.161. The number of nitrogens with zero attached hydrogens (tertiary/aromatic N) is 1. The SMILES string of the molecule is CC(NSCCCCCN1CCC(=O)NC1=O)C1=CCCC=C1. The third-order valence-corrected chi connectivity index (χ3v) is 5.11. The first-order valence-electron chi connectivity index (χ1n) is 8.49. The Bertz CT molecular complexity index is 476. The molecule has 0 radical (unpaired) electrons. The summed E-state index contributed by atoms with van der Waals surface area (Å²) in [6.45, 7) is 3.50. The predicted octanol–water partition coefficient (Wildman–Crippen LogP) is 3.00. The number of hydrogen-bond acceptors (Lipinski definition) is 4. The van der Waals surface area contributed by atoms with Crippen molar-refractivity contribution >= 4 is 23.9 Å². The molecule has 1 unspecified atom stereocenters. The Balaban J connectivity index is 1.48. The molecule has 5 nitrogen and oxygen atoms in total. The summed E-state index contributed by atoms with van der Waals surface area (Å²) in [5.41, 5.74) is 1.38. The molecule has 1 fully saturated rings. The van der Waals surface area contributed by atoms with Crippen LogP contribution < -0.4 is 10.0 Å². The van der Waals surface area contributed by atoms with Crippen LogP contribution in [0, 0.1) is 0 Å². The molecule has 2 aliphatic rings. The van der Waals surface area contributed by atoms with Gasteiger partial charge in [0.1, 0.15) is 0 Å². The van der Waals surface area contributed by atoms with Crippen molar-refractivity contribution in [2.75, 3.05) is 18.8 Å². The Labute approximate surface area is 143 Å². The van der Waals surface area contributed by atoms with Gasteiger partial charge in [0.25, 0.3) is 0 Å². The second kappa shape index (κ2) is 9.78. The van der Waals surface area contributed by atoms with E-state index in [0.29, 0.717) is 19.0 Å². The maximum Gasteiger partial charge on any atom is 0.324 e. The fraction of sp³-hybridized carbons (Fsp3) is 0.647. The van der Waals surface area contributed by atoms with E-state index < -0.39 is 0 Å². The fourth-order valence-corrected chi connectivity index (χ4v) is 3.53. The van der Waals surface area contributed by atoms with Crippen molar-refractivity contribution in [3.05, 3.63) is 23.8 Å². The van der Waals surface area contributed by atoms with Gasteiger partial charge in [-0.25, -0.2) is 4.79 Å². The summed E-state index contributed by atoms with van der Waals surface area (Å²) >= 11 is 1.78. The van der Waals surface area contributed by atoms with Crippen molar-refractivity contribution in [3.8, 4) is 0 Å². The zero-order valence-electron chi connectivity index (χ0n) is 13.8. The molecule has 0 aromatic heterocycles. The lowest BCUT2D eigenvalue weighted by atomic mass is 10.0. The lowest BCUT2D eigenvalue weighted by Crippen LogP contribution is -2.49. The van der Waals surface area contributed by atoms with E-state index in [-0.39, 0.29) is 11.9 Å². The van der Waals surface area contributed by atoms with E-state index >= 15 is 0 Å². The molecule has 1 aliphatic heterocycles. The summed E-state index contributed by atoms with van der Waals surface area (Å²) in [6, 6.07) is 0.158. The van der Waals surface area contributed by atoms with Crippen LogP contribution in [-0.4, -0.2) is 41.7 Å². The van der Waals surface area contributed by atoms with Gasteiger partial charge in [0.05, 0.1) is 0 Å². The average molecular weight is 337 g/mol. The number of amides is 3. The van der Waals surface area contributed by atoms with Gasteiger partial charge < -0.3 is 4.90 Å². The van der Waals surface area contributed by atoms with Gasteiger partial charge in [-0.2, -0.15) is 0 Å². The van der Waals surface area contributed by atoms with Crippen molar-refractivity contribution in [1.82, 2.24) is 14.9 Å². The molecule has 2 N–H and O–H groups in total. The fourth-order valence-electron chi connectivity index (χ4n) is 2.67. The molecule has 3 amide bonds. The van der Waals surface area contributed by atoms with Crippen molar-refractivity contribution in [2.24, 2.45) is 0 Å². The van der Waals surface area contributed by atoms with Gasteiger partial charge >= 0.3 is 6.03 Å². The highest BCUT2D eigenvalue weighted by Crippen LogP contribution is 2.15. The first kappa shape index (κ1) is 18.1. The van der Waals surface area contributed by atoms with Crippen LogP contribution in [0.15, 0.2) is 23.8 Å². The van der Waals surface area contributed by atoms with E-state index in [0.717, 1.165) is 44.4 Å². The summed E-state index contributed by atoms with van der Waals surface area (Å²) in [6.07, 6.45) is 12.7. The molecule has 1 aliphatic carbocycles. The Kier molecular flexibility index (Phi) is 7.68. The van der Waals surface area contributed by atoms with Crippen LogP contribution in [0.5, 0.6) is 0 Å². The first-order valence-corrected chi connectivity index (χ1v) is 9.48. The van der Waals surface area contributed by atoms with Crippen LogP contribution in [0.25, 0.3) is 0 Å². The van der Waals surface area contributed by atoms with Crippen LogP contribution in [0.4, 0.5) is 4.79 Å². The molecule has 23 heavy (non-hydrogen) atoms. The molecule has 6 heteroatoms. The van der Waals surface area contributed by atoms with E-state index in [4.69, 9.17) is 0 Å². The van der Waals surface area contributed by atoms with Gasteiger partial charge in [-0.3, -0.25) is 14.8 Å². The van der Waals surface area contributed by atoms with Crippen LogP contribution in [0.2, 0.25) is 0 Å². The molecule has 0 bridgehead atoms. The highest BCUT2D eigenvalue weighted by Gasteiger charge is 2.21.